The third-order valence-corrected chi connectivity index (χ3v) is 3.92. The van der Waals surface area contributed by atoms with E-state index in [1.54, 1.807) is 6.20 Å². The van der Waals surface area contributed by atoms with E-state index in [1.807, 2.05) is 4.90 Å². The molecule has 0 spiro atoms. The maximum Gasteiger partial charge on any atom is 0.223 e. The fraction of sp³-hybridized carbons (Fsp3) is 0.636. The molecule has 1 aliphatic heterocycles. The molecule has 0 aromatic carbocycles. The van der Waals surface area contributed by atoms with E-state index in [0.29, 0.717) is 29.9 Å². The van der Waals surface area contributed by atoms with Gasteiger partial charge in [-0.05, 0) is 11.8 Å². The zero-order chi connectivity index (χ0) is 11.7. The highest BCUT2D eigenvalue weighted by Crippen LogP contribution is 2.27. The van der Waals surface area contributed by atoms with E-state index in [0.717, 1.165) is 11.4 Å². The van der Waals surface area contributed by atoms with Crippen molar-refractivity contribution in [1.29, 1.82) is 0 Å². The summed E-state index contributed by atoms with van der Waals surface area (Å²) in [4.78, 5) is 18.8. The Balaban J connectivity index is 1.98. The highest BCUT2D eigenvalue weighted by Gasteiger charge is 2.31. The van der Waals surface area contributed by atoms with Crippen LogP contribution in [0.5, 0.6) is 0 Å². The predicted molar refractivity (Wildman–Crippen MR) is 64.9 cm³/mol. The summed E-state index contributed by atoms with van der Waals surface area (Å²) in [6, 6.07) is 0. The molecule has 0 saturated carbocycles. The van der Waals surface area contributed by atoms with Crippen molar-refractivity contribution in [1.82, 2.24) is 9.88 Å². The number of hydrogen-bond acceptors (Lipinski definition) is 4. The van der Waals surface area contributed by atoms with Crippen LogP contribution in [-0.4, -0.2) is 22.3 Å². The lowest BCUT2D eigenvalue weighted by atomic mass is 9.95. The van der Waals surface area contributed by atoms with Crippen molar-refractivity contribution in [3.63, 3.8) is 0 Å². The van der Waals surface area contributed by atoms with Gasteiger partial charge in [-0.2, -0.15) is 0 Å². The number of likely N-dealkylation sites (tertiary alicyclic amines) is 1. The Morgan fingerprint density at radius 3 is 2.94 bits per heavy atom. The van der Waals surface area contributed by atoms with Gasteiger partial charge in [-0.1, -0.05) is 13.8 Å². The Morgan fingerprint density at radius 1 is 1.69 bits per heavy atom. The van der Waals surface area contributed by atoms with Crippen LogP contribution in [0, 0.1) is 11.8 Å². The largest absolute Gasteiger partial charge is 0.375 e. The summed E-state index contributed by atoms with van der Waals surface area (Å²) >= 11 is 1.46. The summed E-state index contributed by atoms with van der Waals surface area (Å²) in [7, 11) is 0. The van der Waals surface area contributed by atoms with E-state index in [4.69, 9.17) is 5.73 Å². The van der Waals surface area contributed by atoms with Gasteiger partial charge in [0.2, 0.25) is 5.91 Å². The maximum absolute atomic E-state index is 11.8. The molecule has 1 aromatic rings. The SMILES string of the molecule is CC(C)C1CC(=O)N(Cc2cnc(N)s2)C1. The van der Waals surface area contributed by atoms with E-state index in [-0.39, 0.29) is 5.91 Å². The Hall–Kier alpha value is -1.10. The van der Waals surface area contributed by atoms with Crippen LogP contribution >= 0.6 is 11.3 Å². The quantitative estimate of drug-likeness (QED) is 0.874. The smallest absolute Gasteiger partial charge is 0.223 e. The zero-order valence-corrected chi connectivity index (χ0v) is 10.5. The highest BCUT2D eigenvalue weighted by atomic mass is 32.1. The summed E-state index contributed by atoms with van der Waals surface area (Å²) in [5.74, 6) is 1.32. The van der Waals surface area contributed by atoms with Crippen LogP contribution in [0.15, 0.2) is 6.20 Å². The summed E-state index contributed by atoms with van der Waals surface area (Å²) in [5, 5.41) is 0.571. The molecule has 16 heavy (non-hydrogen) atoms. The minimum atomic E-state index is 0.255. The van der Waals surface area contributed by atoms with Crippen LogP contribution < -0.4 is 5.73 Å². The van der Waals surface area contributed by atoms with Crippen LogP contribution in [0.1, 0.15) is 25.1 Å². The van der Waals surface area contributed by atoms with E-state index in [9.17, 15) is 4.79 Å². The van der Waals surface area contributed by atoms with Crippen LogP contribution in [0.3, 0.4) is 0 Å². The first kappa shape index (κ1) is 11.4. The van der Waals surface area contributed by atoms with Crippen molar-refractivity contribution in [3.05, 3.63) is 11.1 Å². The summed E-state index contributed by atoms with van der Waals surface area (Å²) < 4.78 is 0. The third kappa shape index (κ3) is 2.35. The molecule has 2 rings (SSSR count). The number of thiazole rings is 1. The molecule has 0 aliphatic carbocycles. The second kappa shape index (κ2) is 4.41. The summed E-state index contributed by atoms with van der Waals surface area (Å²) in [6.45, 7) is 5.88. The lowest BCUT2D eigenvalue weighted by molar-refractivity contribution is -0.128. The molecule has 2 heterocycles. The first-order valence-electron chi connectivity index (χ1n) is 5.54. The molecule has 1 aliphatic rings. The van der Waals surface area contributed by atoms with Crippen molar-refractivity contribution in [3.8, 4) is 0 Å². The minimum Gasteiger partial charge on any atom is -0.375 e. The normalized spacial score (nSPS) is 21.1. The number of nitrogen functional groups attached to an aromatic ring is 1. The summed E-state index contributed by atoms with van der Waals surface area (Å²) in [5.41, 5.74) is 5.57. The lowest BCUT2D eigenvalue weighted by Gasteiger charge is -2.16. The molecular formula is C11H17N3OS. The minimum absolute atomic E-state index is 0.255. The molecule has 0 bridgehead atoms. The lowest BCUT2D eigenvalue weighted by Crippen LogP contribution is -2.24. The van der Waals surface area contributed by atoms with Crippen LogP contribution in [-0.2, 0) is 11.3 Å². The third-order valence-electron chi connectivity index (χ3n) is 3.11. The number of anilines is 1. The van der Waals surface area contributed by atoms with E-state index in [1.165, 1.54) is 11.3 Å². The zero-order valence-electron chi connectivity index (χ0n) is 9.64. The standard InChI is InChI=1S/C11H17N3OS/c1-7(2)8-3-10(15)14(5-8)6-9-4-13-11(12)16-9/h4,7-8H,3,5-6H2,1-2H3,(H2,12,13). The van der Waals surface area contributed by atoms with E-state index in [2.05, 4.69) is 18.8 Å². The fourth-order valence-electron chi connectivity index (χ4n) is 1.99. The number of hydrogen-bond donors (Lipinski definition) is 1. The van der Waals surface area contributed by atoms with Gasteiger partial charge in [-0.25, -0.2) is 4.98 Å². The van der Waals surface area contributed by atoms with Crippen LogP contribution in [0.2, 0.25) is 0 Å². The molecule has 88 valence electrons. The molecule has 2 N–H and O–H groups in total. The number of nitrogens with zero attached hydrogens (tertiary/aromatic N) is 2. The molecule has 1 fully saturated rings. The number of carbonyl (C=O) groups is 1. The number of amides is 1. The molecular weight excluding hydrogens is 222 g/mol. The van der Waals surface area contributed by atoms with Crippen LogP contribution in [0.4, 0.5) is 5.13 Å². The van der Waals surface area contributed by atoms with Crippen molar-refractivity contribution in [2.45, 2.75) is 26.8 Å². The molecule has 1 saturated heterocycles. The second-order valence-corrected chi connectivity index (χ2v) is 5.79. The molecule has 1 atom stereocenters. The predicted octanol–water partition coefficient (Wildman–Crippen LogP) is 1.73. The van der Waals surface area contributed by atoms with Crippen molar-refractivity contribution in [2.24, 2.45) is 11.8 Å². The van der Waals surface area contributed by atoms with Gasteiger partial charge in [0.25, 0.3) is 0 Å². The first-order chi connectivity index (χ1) is 7.56. The molecule has 0 radical (unpaired) electrons. The number of rotatable bonds is 3. The Bertz CT molecular complexity index is 388. The number of aromatic nitrogens is 1. The maximum atomic E-state index is 11.8. The second-order valence-electron chi connectivity index (χ2n) is 4.65. The molecule has 1 unspecified atom stereocenters. The topological polar surface area (TPSA) is 59.2 Å². The van der Waals surface area contributed by atoms with Gasteiger partial charge >= 0.3 is 0 Å². The monoisotopic (exact) mass is 239 g/mol. The number of nitrogens with two attached hydrogens (primary N) is 1. The van der Waals surface area contributed by atoms with Gasteiger partial charge in [0.15, 0.2) is 5.13 Å². The van der Waals surface area contributed by atoms with Gasteiger partial charge in [0.05, 0.1) is 6.54 Å². The van der Waals surface area contributed by atoms with E-state index < -0.39 is 0 Å². The van der Waals surface area contributed by atoms with Gasteiger partial charge in [-0.15, -0.1) is 11.3 Å². The Morgan fingerprint density at radius 2 is 2.44 bits per heavy atom. The van der Waals surface area contributed by atoms with Crippen molar-refractivity contribution < 1.29 is 4.79 Å². The van der Waals surface area contributed by atoms with Crippen LogP contribution in [0.25, 0.3) is 0 Å². The highest BCUT2D eigenvalue weighted by molar-refractivity contribution is 7.15. The van der Waals surface area contributed by atoms with Crippen molar-refractivity contribution >= 4 is 22.4 Å². The Kier molecular flexibility index (Phi) is 3.14. The number of carbonyl (C=O) groups excluding carboxylic acids is 1. The average Bonchev–Trinajstić information content (AvgIpc) is 2.75. The first-order valence-corrected chi connectivity index (χ1v) is 6.36. The van der Waals surface area contributed by atoms with Gasteiger partial charge in [0.1, 0.15) is 0 Å². The van der Waals surface area contributed by atoms with Gasteiger partial charge < -0.3 is 10.6 Å². The van der Waals surface area contributed by atoms with Crippen molar-refractivity contribution in [2.75, 3.05) is 12.3 Å². The molecule has 1 aromatic heterocycles. The Labute approximate surface area is 99.5 Å². The molecule has 1 amide bonds. The molecule has 5 heteroatoms. The molecule has 4 nitrogen and oxygen atoms in total. The summed E-state index contributed by atoms with van der Waals surface area (Å²) in [6.07, 6.45) is 2.45. The van der Waals surface area contributed by atoms with E-state index >= 15 is 0 Å². The van der Waals surface area contributed by atoms with Gasteiger partial charge in [-0.3, -0.25) is 4.79 Å². The van der Waals surface area contributed by atoms with Gasteiger partial charge in [0, 0.05) is 24.0 Å². The average molecular weight is 239 g/mol. The fourth-order valence-corrected chi connectivity index (χ4v) is 2.69.